The molecule has 0 aromatic heterocycles. The molecule has 0 radical (unpaired) electrons. The van der Waals surface area contributed by atoms with Crippen molar-refractivity contribution >= 4 is 15.8 Å². The minimum atomic E-state index is -2.97. The van der Waals surface area contributed by atoms with Crippen LogP contribution in [0.25, 0.3) is 0 Å². The molecule has 0 aliphatic rings. The Bertz CT molecular complexity index is 404. The van der Waals surface area contributed by atoms with Gasteiger partial charge in [-0.15, -0.1) is 0 Å². The molecule has 0 bridgehead atoms. The fourth-order valence-electron chi connectivity index (χ4n) is 2.09. The van der Waals surface area contributed by atoms with Crippen LogP contribution < -0.4 is 10.6 Å². The SMILES string of the molecule is CCNC(=NCC(CC)(CC)CCO)NCCS(C)(=O)=O. The van der Waals surface area contributed by atoms with Crippen LogP contribution in [-0.4, -0.2) is 57.7 Å². The Morgan fingerprint density at radius 2 is 1.81 bits per heavy atom. The van der Waals surface area contributed by atoms with Gasteiger partial charge >= 0.3 is 0 Å². The first-order valence-corrected chi connectivity index (χ1v) is 9.69. The standard InChI is InChI=1S/C14H31N3O3S/c1-5-14(6-2,8-10-18)12-17-13(15-7-3)16-9-11-21(4,19)20/h18H,5-12H2,1-4H3,(H2,15,16,17). The normalized spacial score (nSPS) is 13.3. The van der Waals surface area contributed by atoms with Gasteiger partial charge in [0.2, 0.25) is 0 Å². The van der Waals surface area contributed by atoms with E-state index in [-0.39, 0.29) is 17.8 Å². The van der Waals surface area contributed by atoms with E-state index in [0.29, 0.717) is 19.0 Å². The van der Waals surface area contributed by atoms with Crippen molar-refractivity contribution in [3.63, 3.8) is 0 Å². The Balaban J connectivity index is 4.69. The van der Waals surface area contributed by atoms with Gasteiger partial charge in [-0.25, -0.2) is 8.42 Å². The van der Waals surface area contributed by atoms with Crippen LogP contribution in [0.1, 0.15) is 40.0 Å². The van der Waals surface area contributed by atoms with E-state index in [1.165, 1.54) is 6.26 Å². The van der Waals surface area contributed by atoms with Crippen LogP contribution in [0.3, 0.4) is 0 Å². The molecule has 126 valence electrons. The van der Waals surface area contributed by atoms with Crippen molar-refractivity contribution in [2.75, 3.05) is 38.2 Å². The summed E-state index contributed by atoms with van der Waals surface area (Å²) in [6.07, 6.45) is 3.86. The van der Waals surface area contributed by atoms with E-state index in [2.05, 4.69) is 29.5 Å². The lowest BCUT2D eigenvalue weighted by atomic mass is 9.79. The van der Waals surface area contributed by atoms with E-state index in [1.807, 2.05) is 6.92 Å². The van der Waals surface area contributed by atoms with Crippen molar-refractivity contribution < 1.29 is 13.5 Å². The molecule has 0 aliphatic heterocycles. The average molecular weight is 321 g/mol. The highest BCUT2D eigenvalue weighted by atomic mass is 32.2. The maximum Gasteiger partial charge on any atom is 0.191 e. The molecule has 3 N–H and O–H groups in total. The predicted molar refractivity (Wildman–Crippen MR) is 88.4 cm³/mol. The number of aliphatic hydroxyl groups is 1. The third kappa shape index (κ3) is 8.93. The highest BCUT2D eigenvalue weighted by Crippen LogP contribution is 2.30. The highest BCUT2D eigenvalue weighted by molar-refractivity contribution is 7.90. The number of hydrogen-bond donors (Lipinski definition) is 3. The molecule has 0 aliphatic carbocycles. The molecule has 0 aromatic rings. The summed E-state index contributed by atoms with van der Waals surface area (Å²) in [4.78, 5) is 4.55. The second kappa shape index (κ2) is 10.00. The number of nitrogens with one attached hydrogen (secondary N) is 2. The zero-order valence-electron chi connectivity index (χ0n) is 13.8. The van der Waals surface area contributed by atoms with Gasteiger partial charge in [0.15, 0.2) is 5.96 Å². The van der Waals surface area contributed by atoms with Gasteiger partial charge in [-0.1, -0.05) is 13.8 Å². The van der Waals surface area contributed by atoms with Gasteiger partial charge in [-0.3, -0.25) is 4.99 Å². The molecule has 0 aromatic carbocycles. The van der Waals surface area contributed by atoms with Crippen molar-refractivity contribution in [3.05, 3.63) is 0 Å². The molecular weight excluding hydrogens is 290 g/mol. The molecule has 0 saturated heterocycles. The quantitative estimate of drug-likeness (QED) is 0.408. The molecule has 21 heavy (non-hydrogen) atoms. The smallest absolute Gasteiger partial charge is 0.191 e. The third-order valence-electron chi connectivity index (χ3n) is 3.82. The van der Waals surface area contributed by atoms with Crippen LogP contribution in [0.5, 0.6) is 0 Å². The second-order valence-corrected chi connectivity index (χ2v) is 7.69. The molecule has 0 atom stereocenters. The topological polar surface area (TPSA) is 90.8 Å². The lowest BCUT2D eigenvalue weighted by Gasteiger charge is -2.29. The second-order valence-electron chi connectivity index (χ2n) is 5.43. The zero-order chi connectivity index (χ0) is 16.4. The van der Waals surface area contributed by atoms with E-state index in [4.69, 9.17) is 0 Å². The molecular formula is C14H31N3O3S. The van der Waals surface area contributed by atoms with Crippen LogP contribution in [-0.2, 0) is 9.84 Å². The molecule has 0 fully saturated rings. The van der Waals surface area contributed by atoms with Gasteiger partial charge in [-0.2, -0.15) is 0 Å². The number of aliphatic imine (C=N–C) groups is 1. The van der Waals surface area contributed by atoms with Gasteiger partial charge in [0, 0.05) is 32.5 Å². The van der Waals surface area contributed by atoms with Gasteiger partial charge in [0.25, 0.3) is 0 Å². The van der Waals surface area contributed by atoms with E-state index < -0.39 is 9.84 Å². The molecule has 0 spiro atoms. The first-order chi connectivity index (χ1) is 9.82. The Morgan fingerprint density at radius 3 is 2.24 bits per heavy atom. The van der Waals surface area contributed by atoms with E-state index >= 15 is 0 Å². The van der Waals surface area contributed by atoms with Gasteiger partial charge < -0.3 is 15.7 Å². The van der Waals surface area contributed by atoms with Crippen molar-refractivity contribution in [2.45, 2.75) is 40.0 Å². The summed E-state index contributed by atoms with van der Waals surface area (Å²) < 4.78 is 22.3. The Kier molecular flexibility index (Phi) is 9.61. The average Bonchev–Trinajstić information content (AvgIpc) is 2.42. The molecule has 0 heterocycles. The van der Waals surface area contributed by atoms with Gasteiger partial charge in [-0.05, 0) is 31.6 Å². The summed E-state index contributed by atoms with van der Waals surface area (Å²) >= 11 is 0. The molecule has 0 rings (SSSR count). The lowest BCUT2D eigenvalue weighted by Crippen LogP contribution is -2.40. The van der Waals surface area contributed by atoms with Crippen LogP contribution in [0.15, 0.2) is 4.99 Å². The summed E-state index contributed by atoms with van der Waals surface area (Å²) in [5.74, 6) is 0.714. The Hall–Kier alpha value is -0.820. The first-order valence-electron chi connectivity index (χ1n) is 7.63. The Labute approximate surface area is 129 Å². The molecule has 6 nitrogen and oxygen atoms in total. The largest absolute Gasteiger partial charge is 0.396 e. The van der Waals surface area contributed by atoms with Crippen molar-refractivity contribution in [3.8, 4) is 0 Å². The molecule has 0 unspecified atom stereocenters. The molecule has 0 saturated carbocycles. The summed E-state index contributed by atoms with van der Waals surface area (Å²) in [5.41, 5.74) is 0.00787. The number of hydrogen-bond acceptors (Lipinski definition) is 4. The van der Waals surface area contributed by atoms with Crippen LogP contribution in [0, 0.1) is 5.41 Å². The first kappa shape index (κ1) is 20.2. The van der Waals surface area contributed by atoms with Crippen LogP contribution in [0.2, 0.25) is 0 Å². The maximum absolute atomic E-state index is 11.1. The summed E-state index contributed by atoms with van der Waals surface area (Å²) in [7, 11) is -2.97. The van der Waals surface area contributed by atoms with Crippen molar-refractivity contribution in [1.82, 2.24) is 10.6 Å². The summed E-state index contributed by atoms with van der Waals surface area (Å²) in [6.45, 7) is 8.03. The minimum absolute atomic E-state index is 0.00787. The van der Waals surface area contributed by atoms with E-state index in [9.17, 15) is 13.5 Å². The number of sulfone groups is 1. The monoisotopic (exact) mass is 321 g/mol. The lowest BCUT2D eigenvalue weighted by molar-refractivity contribution is 0.175. The van der Waals surface area contributed by atoms with Crippen LogP contribution in [0.4, 0.5) is 0 Å². The van der Waals surface area contributed by atoms with E-state index in [0.717, 1.165) is 25.8 Å². The zero-order valence-corrected chi connectivity index (χ0v) is 14.6. The molecule has 0 amide bonds. The summed E-state index contributed by atoms with van der Waals surface area (Å²) in [6, 6.07) is 0. The van der Waals surface area contributed by atoms with E-state index in [1.54, 1.807) is 0 Å². The fraction of sp³-hybridized carbons (Fsp3) is 0.929. The van der Waals surface area contributed by atoms with Crippen molar-refractivity contribution in [2.24, 2.45) is 10.4 Å². The van der Waals surface area contributed by atoms with Crippen molar-refractivity contribution in [1.29, 1.82) is 0 Å². The Morgan fingerprint density at radius 1 is 1.19 bits per heavy atom. The summed E-state index contributed by atoms with van der Waals surface area (Å²) in [5, 5.41) is 15.4. The third-order valence-corrected chi connectivity index (χ3v) is 4.77. The van der Waals surface area contributed by atoms with Crippen LogP contribution >= 0.6 is 0 Å². The fourth-order valence-corrected chi connectivity index (χ4v) is 2.56. The number of aliphatic hydroxyl groups excluding tert-OH is 1. The van der Waals surface area contributed by atoms with Gasteiger partial charge in [0.1, 0.15) is 9.84 Å². The number of guanidine groups is 1. The number of rotatable bonds is 10. The predicted octanol–water partition coefficient (Wildman–Crippen LogP) is 0.775. The minimum Gasteiger partial charge on any atom is -0.396 e. The highest BCUT2D eigenvalue weighted by Gasteiger charge is 2.25. The molecule has 7 heteroatoms. The maximum atomic E-state index is 11.1. The van der Waals surface area contributed by atoms with Gasteiger partial charge in [0.05, 0.1) is 5.75 Å². The number of nitrogens with zero attached hydrogens (tertiary/aromatic N) is 1.